The molecule has 2 N–H and O–H groups in total. The molecule has 2 saturated heterocycles. The van der Waals surface area contributed by atoms with E-state index in [1.807, 2.05) is 12.1 Å². The van der Waals surface area contributed by atoms with Crippen LogP contribution in [0.2, 0.25) is 0 Å². The molecule has 2 aliphatic heterocycles. The molecule has 0 radical (unpaired) electrons. The first-order chi connectivity index (χ1) is 21.4. The predicted molar refractivity (Wildman–Crippen MR) is 183 cm³/mol. The van der Waals surface area contributed by atoms with E-state index in [1.165, 1.54) is 24.1 Å². The van der Waals surface area contributed by atoms with Crippen LogP contribution in [0.4, 0.5) is 27.7 Å². The molecule has 2 atom stereocenters. The van der Waals surface area contributed by atoms with Gasteiger partial charge in [-0.2, -0.15) is 9.97 Å². The molecule has 1 aliphatic carbocycles. The zero-order valence-electron chi connectivity index (χ0n) is 26.1. The van der Waals surface area contributed by atoms with Crippen molar-refractivity contribution < 1.29 is 4.39 Å². The third-order valence-corrected chi connectivity index (χ3v) is 9.94. The van der Waals surface area contributed by atoms with Crippen molar-refractivity contribution in [1.82, 2.24) is 15.3 Å². The van der Waals surface area contributed by atoms with E-state index < -0.39 is 0 Å². The second kappa shape index (κ2) is 13.7. The normalized spacial score (nSPS) is 22.0. The van der Waals surface area contributed by atoms with Crippen molar-refractivity contribution in [3.63, 3.8) is 0 Å². The van der Waals surface area contributed by atoms with Gasteiger partial charge in [0.15, 0.2) is 5.11 Å². The van der Waals surface area contributed by atoms with Gasteiger partial charge in [-0.1, -0.05) is 63.4 Å². The maximum absolute atomic E-state index is 13.7. The van der Waals surface area contributed by atoms with Gasteiger partial charge >= 0.3 is 0 Å². The van der Waals surface area contributed by atoms with E-state index in [9.17, 15) is 4.39 Å². The Balaban J connectivity index is 1.19. The summed E-state index contributed by atoms with van der Waals surface area (Å²) in [6.45, 7) is 11.0. The molecule has 0 unspecified atom stereocenters. The van der Waals surface area contributed by atoms with Crippen LogP contribution in [0, 0.1) is 17.7 Å². The lowest BCUT2D eigenvalue weighted by atomic mass is 9.69. The molecule has 3 aromatic rings. The summed E-state index contributed by atoms with van der Waals surface area (Å²) in [5.74, 6) is 3.46. The number of halogens is 1. The fourth-order valence-corrected chi connectivity index (χ4v) is 7.64. The van der Waals surface area contributed by atoms with E-state index in [0.717, 1.165) is 76.6 Å². The highest BCUT2D eigenvalue weighted by molar-refractivity contribution is 7.80. The van der Waals surface area contributed by atoms with Crippen LogP contribution in [0.5, 0.6) is 0 Å². The molecule has 3 heterocycles. The highest BCUT2D eigenvalue weighted by atomic mass is 32.1. The molecular formula is C35H46FN7S. The molecule has 1 aromatic heterocycles. The van der Waals surface area contributed by atoms with Crippen LogP contribution in [-0.4, -0.2) is 60.9 Å². The van der Waals surface area contributed by atoms with Crippen molar-refractivity contribution in [2.24, 2.45) is 11.8 Å². The molecule has 2 aromatic carbocycles. The number of thiocarbonyl (C=S) groups is 1. The first kappa shape index (κ1) is 30.6. The van der Waals surface area contributed by atoms with Crippen LogP contribution in [0.25, 0.3) is 0 Å². The number of hydrogen-bond acceptors (Lipinski definition) is 6. The molecular weight excluding hydrogens is 569 g/mol. The number of rotatable bonds is 7. The third kappa shape index (κ3) is 7.25. The molecule has 0 spiro atoms. The van der Waals surface area contributed by atoms with Crippen molar-refractivity contribution in [2.75, 3.05) is 65.8 Å². The first-order valence-electron chi connectivity index (χ1n) is 16.4. The van der Waals surface area contributed by atoms with Crippen LogP contribution >= 0.6 is 12.2 Å². The Morgan fingerprint density at radius 2 is 1.45 bits per heavy atom. The summed E-state index contributed by atoms with van der Waals surface area (Å²) >= 11 is 5.84. The van der Waals surface area contributed by atoms with Crippen LogP contribution in [0.3, 0.4) is 0 Å². The number of aromatic nitrogens is 2. The van der Waals surface area contributed by atoms with Crippen LogP contribution in [0.1, 0.15) is 57.9 Å². The third-order valence-electron chi connectivity index (χ3n) is 9.70. The molecule has 44 heavy (non-hydrogen) atoms. The molecule has 3 aliphatic rings. The Hall–Kier alpha value is -3.46. The van der Waals surface area contributed by atoms with E-state index >= 15 is 0 Å². The zero-order chi connectivity index (χ0) is 30.5. The largest absolute Gasteiger partial charge is 0.368 e. The maximum Gasteiger partial charge on any atom is 0.232 e. The van der Waals surface area contributed by atoms with Gasteiger partial charge in [-0.3, -0.25) is 0 Å². The lowest BCUT2D eigenvalue weighted by Gasteiger charge is -2.39. The lowest BCUT2D eigenvalue weighted by Crippen LogP contribution is -2.47. The minimum atomic E-state index is -0.198. The summed E-state index contributed by atoms with van der Waals surface area (Å²) < 4.78 is 13.7. The number of anilines is 4. The number of piperazine rings is 1. The average molecular weight is 616 g/mol. The Bertz CT molecular complexity index is 1380. The number of benzene rings is 2. The molecule has 3 fully saturated rings. The summed E-state index contributed by atoms with van der Waals surface area (Å²) in [5.41, 5.74) is 2.38. The SMILES string of the molecule is C[C@H]1C[C@H](C)CN(c2cc(N3CCN(c4ccccc4)CC3)nc(NC(=S)NCC3(c4ccc(F)cc4)CCCCC3)n2)C1. The number of piperidine rings is 1. The van der Waals surface area contributed by atoms with Crippen molar-refractivity contribution in [1.29, 1.82) is 0 Å². The van der Waals surface area contributed by atoms with E-state index in [2.05, 4.69) is 75.6 Å². The van der Waals surface area contributed by atoms with Crippen LogP contribution < -0.4 is 25.3 Å². The summed E-state index contributed by atoms with van der Waals surface area (Å²) in [4.78, 5) is 17.2. The average Bonchev–Trinajstić information content (AvgIpc) is 3.04. The molecule has 0 bridgehead atoms. The van der Waals surface area contributed by atoms with Gasteiger partial charge in [0.05, 0.1) is 0 Å². The summed E-state index contributed by atoms with van der Waals surface area (Å²) in [7, 11) is 0. The lowest BCUT2D eigenvalue weighted by molar-refractivity contribution is 0.292. The van der Waals surface area contributed by atoms with Gasteiger partial charge in [-0.05, 0) is 73.1 Å². The highest BCUT2D eigenvalue weighted by Crippen LogP contribution is 2.39. The second-order valence-electron chi connectivity index (χ2n) is 13.2. The molecule has 1 saturated carbocycles. The van der Waals surface area contributed by atoms with Crippen molar-refractivity contribution in [3.8, 4) is 0 Å². The van der Waals surface area contributed by atoms with E-state index in [4.69, 9.17) is 22.2 Å². The Morgan fingerprint density at radius 3 is 2.11 bits per heavy atom. The van der Waals surface area contributed by atoms with Crippen molar-refractivity contribution in [3.05, 3.63) is 72.0 Å². The predicted octanol–water partition coefficient (Wildman–Crippen LogP) is 6.61. The number of nitrogens with zero attached hydrogens (tertiary/aromatic N) is 5. The van der Waals surface area contributed by atoms with E-state index in [-0.39, 0.29) is 11.2 Å². The highest BCUT2D eigenvalue weighted by Gasteiger charge is 2.34. The van der Waals surface area contributed by atoms with E-state index in [0.29, 0.717) is 29.4 Å². The Morgan fingerprint density at radius 1 is 0.841 bits per heavy atom. The Labute approximate surface area is 267 Å². The van der Waals surface area contributed by atoms with Gasteiger partial charge in [0.1, 0.15) is 17.5 Å². The topological polar surface area (TPSA) is 59.6 Å². The molecule has 0 amide bonds. The number of nitrogens with one attached hydrogen (secondary N) is 2. The van der Waals surface area contributed by atoms with Crippen LogP contribution in [-0.2, 0) is 5.41 Å². The number of hydrogen-bond donors (Lipinski definition) is 2. The van der Waals surface area contributed by atoms with Crippen molar-refractivity contribution in [2.45, 2.75) is 57.8 Å². The summed E-state index contributed by atoms with van der Waals surface area (Å²) in [6, 6.07) is 19.8. The van der Waals surface area contributed by atoms with Gasteiger partial charge in [0.2, 0.25) is 5.95 Å². The quantitative estimate of drug-likeness (QED) is 0.288. The van der Waals surface area contributed by atoms with Gasteiger partial charge in [0, 0.05) is 63.0 Å². The molecule has 9 heteroatoms. The molecule has 7 nitrogen and oxygen atoms in total. The van der Waals surface area contributed by atoms with Gasteiger partial charge < -0.3 is 25.3 Å². The Kier molecular flexibility index (Phi) is 9.50. The second-order valence-corrected chi connectivity index (χ2v) is 13.6. The standard InChI is InChI=1S/C35H46FN7S/c1-26-21-27(2)24-43(23-26)32-22-31(42-19-17-41(18-20-42)30-9-5-3-6-10-30)38-33(39-32)40-34(44)37-25-35(15-7-4-8-16-35)28-11-13-29(36)14-12-28/h3,5-6,9-14,22,26-27H,4,7-8,15-21,23-25H2,1-2H3,(H2,37,38,39,40,44)/t26-,27-/m0/s1. The summed E-state index contributed by atoms with van der Waals surface area (Å²) in [6.07, 6.45) is 6.93. The zero-order valence-corrected chi connectivity index (χ0v) is 27.0. The van der Waals surface area contributed by atoms with E-state index in [1.54, 1.807) is 12.1 Å². The van der Waals surface area contributed by atoms with Gasteiger partial charge in [-0.15, -0.1) is 0 Å². The van der Waals surface area contributed by atoms with Gasteiger partial charge in [-0.25, -0.2) is 4.39 Å². The fourth-order valence-electron chi connectivity index (χ4n) is 7.48. The van der Waals surface area contributed by atoms with Gasteiger partial charge in [0.25, 0.3) is 0 Å². The van der Waals surface area contributed by atoms with Crippen LogP contribution in [0.15, 0.2) is 60.7 Å². The van der Waals surface area contributed by atoms with Crippen molar-refractivity contribution >= 4 is 40.6 Å². The minimum absolute atomic E-state index is 0.0654. The first-order valence-corrected chi connectivity index (χ1v) is 16.8. The number of para-hydroxylation sites is 1. The molecule has 6 rings (SSSR count). The summed E-state index contributed by atoms with van der Waals surface area (Å²) in [5, 5.41) is 7.38. The minimum Gasteiger partial charge on any atom is -0.368 e. The monoisotopic (exact) mass is 615 g/mol. The molecule has 234 valence electrons. The smallest absolute Gasteiger partial charge is 0.232 e. The fraction of sp³-hybridized carbons (Fsp3) is 0.514. The maximum atomic E-state index is 13.7.